The number of aliphatic hydroxyl groups excluding tert-OH is 1. The van der Waals surface area contributed by atoms with Crippen molar-refractivity contribution in [1.29, 1.82) is 5.26 Å². The Bertz CT molecular complexity index is 580. The lowest BCUT2D eigenvalue weighted by Crippen LogP contribution is -2.34. The van der Waals surface area contributed by atoms with Crippen LogP contribution in [0.15, 0.2) is 23.1 Å². The van der Waals surface area contributed by atoms with Crippen LogP contribution in [0, 0.1) is 11.3 Å². The summed E-state index contributed by atoms with van der Waals surface area (Å²) in [7, 11) is -2.48. The van der Waals surface area contributed by atoms with E-state index in [0.29, 0.717) is 5.69 Å². The van der Waals surface area contributed by atoms with Crippen molar-refractivity contribution >= 4 is 15.7 Å². The lowest BCUT2D eigenvalue weighted by atomic mass is 10.2. The molecule has 4 N–H and O–H groups in total. The lowest BCUT2D eigenvalue weighted by molar-refractivity contribution is 0.0679. The van der Waals surface area contributed by atoms with E-state index in [1.807, 2.05) is 0 Å². The molecule has 0 amide bonds. The number of nitrogen functional groups attached to an aromatic ring is 1. The summed E-state index contributed by atoms with van der Waals surface area (Å²) in [5, 5.41) is 18.3. The van der Waals surface area contributed by atoms with Gasteiger partial charge in [-0.25, -0.2) is 13.1 Å². The van der Waals surface area contributed by atoms with Crippen molar-refractivity contribution in [2.75, 3.05) is 26.0 Å². The highest BCUT2D eigenvalue weighted by Crippen LogP contribution is 2.17. The van der Waals surface area contributed by atoms with Crippen molar-refractivity contribution in [3.8, 4) is 6.07 Å². The second kappa shape index (κ2) is 6.49. The maximum absolute atomic E-state index is 12.0. The van der Waals surface area contributed by atoms with Crippen molar-refractivity contribution in [3.05, 3.63) is 23.8 Å². The molecule has 0 heterocycles. The van der Waals surface area contributed by atoms with Gasteiger partial charge in [-0.15, -0.1) is 0 Å². The Hall–Kier alpha value is -1.66. The van der Waals surface area contributed by atoms with Gasteiger partial charge in [0.2, 0.25) is 10.0 Å². The number of nitrogens with one attached hydrogen (secondary N) is 1. The molecule has 0 spiro atoms. The third kappa shape index (κ3) is 4.18. The highest BCUT2D eigenvalue weighted by atomic mass is 32.2. The van der Waals surface area contributed by atoms with Gasteiger partial charge in [0.05, 0.1) is 23.2 Å². The van der Waals surface area contributed by atoms with Gasteiger partial charge in [0.15, 0.2) is 0 Å². The van der Waals surface area contributed by atoms with Crippen LogP contribution in [0.2, 0.25) is 0 Å². The summed E-state index contributed by atoms with van der Waals surface area (Å²) in [6.45, 7) is -0.194. The Morgan fingerprint density at radius 3 is 2.84 bits per heavy atom. The predicted octanol–water partition coefficient (Wildman–Crippen LogP) is -0.574. The Labute approximate surface area is 111 Å². The molecule has 8 heteroatoms. The number of nitriles is 1. The van der Waals surface area contributed by atoms with Crippen LogP contribution in [0.5, 0.6) is 0 Å². The van der Waals surface area contributed by atoms with Gasteiger partial charge in [-0.2, -0.15) is 5.26 Å². The van der Waals surface area contributed by atoms with Crippen LogP contribution >= 0.6 is 0 Å². The first-order chi connectivity index (χ1) is 8.90. The van der Waals surface area contributed by atoms with E-state index in [1.54, 1.807) is 6.07 Å². The molecular formula is C11H15N3O4S. The molecule has 0 bridgehead atoms. The molecule has 7 nitrogen and oxygen atoms in total. The molecule has 1 rings (SSSR count). The monoisotopic (exact) mass is 285 g/mol. The summed E-state index contributed by atoms with van der Waals surface area (Å²) >= 11 is 0. The molecule has 0 aromatic heterocycles. The Balaban J connectivity index is 2.92. The van der Waals surface area contributed by atoms with E-state index in [2.05, 4.69) is 9.46 Å². The minimum absolute atomic E-state index is 0.00929. The fourth-order valence-corrected chi connectivity index (χ4v) is 2.61. The fraction of sp³-hybridized carbons (Fsp3) is 0.364. The van der Waals surface area contributed by atoms with Gasteiger partial charge in [-0.1, -0.05) is 0 Å². The normalized spacial score (nSPS) is 12.9. The number of rotatable bonds is 6. The highest BCUT2D eigenvalue weighted by Gasteiger charge is 2.19. The molecule has 0 fully saturated rings. The summed E-state index contributed by atoms with van der Waals surface area (Å²) in [6.07, 6.45) is -0.959. The smallest absolute Gasteiger partial charge is 0.241 e. The molecule has 0 radical (unpaired) electrons. The van der Waals surface area contributed by atoms with Gasteiger partial charge in [-0.3, -0.25) is 0 Å². The van der Waals surface area contributed by atoms with Crippen LogP contribution < -0.4 is 10.5 Å². The standard InChI is InChI=1S/C11H15N3O4S/c1-18-7-10(15)6-14-19(16,17)11-3-2-9(13)4-8(11)5-12/h2-4,10,14-15H,6-7,13H2,1H3. The number of methoxy groups -OCH3 is 1. The third-order valence-electron chi connectivity index (χ3n) is 2.28. The van der Waals surface area contributed by atoms with Crippen LogP contribution in [0.3, 0.4) is 0 Å². The van der Waals surface area contributed by atoms with E-state index in [4.69, 9.17) is 11.0 Å². The fourth-order valence-electron chi connectivity index (χ4n) is 1.40. The molecular weight excluding hydrogens is 270 g/mol. The van der Waals surface area contributed by atoms with Crippen molar-refractivity contribution in [1.82, 2.24) is 4.72 Å². The van der Waals surface area contributed by atoms with Gasteiger partial charge in [-0.05, 0) is 18.2 Å². The molecule has 1 aromatic carbocycles. The van der Waals surface area contributed by atoms with E-state index in [1.165, 1.54) is 25.3 Å². The Kier molecular flexibility index (Phi) is 5.26. The van der Waals surface area contributed by atoms with Gasteiger partial charge in [0.25, 0.3) is 0 Å². The van der Waals surface area contributed by atoms with E-state index in [0.717, 1.165) is 0 Å². The minimum Gasteiger partial charge on any atom is -0.399 e. The molecule has 0 aliphatic carbocycles. The summed E-state index contributed by atoms with van der Waals surface area (Å²) < 4.78 is 30.8. The number of nitrogens with zero attached hydrogens (tertiary/aromatic N) is 1. The molecule has 0 aliphatic heterocycles. The van der Waals surface area contributed by atoms with Crippen LogP contribution in [0.4, 0.5) is 5.69 Å². The lowest BCUT2D eigenvalue weighted by Gasteiger charge is -2.12. The largest absolute Gasteiger partial charge is 0.399 e. The van der Waals surface area contributed by atoms with Gasteiger partial charge < -0.3 is 15.6 Å². The van der Waals surface area contributed by atoms with Crippen molar-refractivity contribution in [3.63, 3.8) is 0 Å². The summed E-state index contributed by atoms with van der Waals surface area (Å²) in [4.78, 5) is -0.172. The summed E-state index contributed by atoms with van der Waals surface area (Å²) in [6, 6.07) is 5.69. The van der Waals surface area contributed by atoms with Crippen LogP contribution in [-0.2, 0) is 14.8 Å². The summed E-state index contributed by atoms with van der Waals surface area (Å²) in [5.41, 5.74) is 5.74. The zero-order valence-electron chi connectivity index (χ0n) is 10.3. The van der Waals surface area contributed by atoms with Crippen LogP contribution in [-0.4, -0.2) is 39.9 Å². The number of benzene rings is 1. The molecule has 1 aromatic rings. The molecule has 0 saturated carbocycles. The van der Waals surface area contributed by atoms with E-state index in [-0.39, 0.29) is 23.6 Å². The number of aliphatic hydroxyl groups is 1. The number of nitrogens with two attached hydrogens (primary N) is 1. The van der Waals surface area contributed by atoms with Gasteiger partial charge in [0.1, 0.15) is 6.07 Å². The molecule has 19 heavy (non-hydrogen) atoms. The summed E-state index contributed by atoms with van der Waals surface area (Å²) in [5.74, 6) is 0. The molecule has 0 saturated heterocycles. The van der Waals surface area contributed by atoms with Crippen molar-refractivity contribution in [2.45, 2.75) is 11.0 Å². The van der Waals surface area contributed by atoms with Gasteiger partial charge in [0, 0.05) is 19.3 Å². The number of anilines is 1. The quantitative estimate of drug-likeness (QED) is 0.601. The molecule has 104 valence electrons. The number of ether oxygens (including phenoxy) is 1. The highest BCUT2D eigenvalue weighted by molar-refractivity contribution is 7.89. The number of hydrogen-bond acceptors (Lipinski definition) is 6. The molecule has 1 atom stereocenters. The Morgan fingerprint density at radius 1 is 1.58 bits per heavy atom. The Morgan fingerprint density at radius 2 is 2.26 bits per heavy atom. The predicted molar refractivity (Wildman–Crippen MR) is 68.6 cm³/mol. The minimum atomic E-state index is -3.88. The van der Waals surface area contributed by atoms with Crippen molar-refractivity contribution < 1.29 is 18.3 Å². The zero-order chi connectivity index (χ0) is 14.5. The molecule has 0 aliphatic rings. The van der Waals surface area contributed by atoms with E-state index < -0.39 is 16.1 Å². The van der Waals surface area contributed by atoms with E-state index >= 15 is 0 Å². The zero-order valence-corrected chi connectivity index (χ0v) is 11.1. The van der Waals surface area contributed by atoms with Crippen LogP contribution in [0.1, 0.15) is 5.56 Å². The average molecular weight is 285 g/mol. The van der Waals surface area contributed by atoms with Gasteiger partial charge >= 0.3 is 0 Å². The number of hydrogen-bond donors (Lipinski definition) is 3. The van der Waals surface area contributed by atoms with E-state index in [9.17, 15) is 13.5 Å². The SMILES string of the molecule is COCC(O)CNS(=O)(=O)c1ccc(N)cc1C#N. The maximum Gasteiger partial charge on any atom is 0.241 e. The first-order valence-electron chi connectivity index (χ1n) is 5.37. The molecule has 1 unspecified atom stereocenters. The first-order valence-corrected chi connectivity index (χ1v) is 6.85. The maximum atomic E-state index is 12.0. The topological polar surface area (TPSA) is 125 Å². The van der Waals surface area contributed by atoms with Crippen LogP contribution in [0.25, 0.3) is 0 Å². The first kappa shape index (κ1) is 15.4. The van der Waals surface area contributed by atoms with Crippen molar-refractivity contribution in [2.24, 2.45) is 0 Å². The second-order valence-electron chi connectivity index (χ2n) is 3.83. The number of sulfonamides is 1. The third-order valence-corrected chi connectivity index (χ3v) is 3.76. The second-order valence-corrected chi connectivity index (χ2v) is 5.56. The average Bonchev–Trinajstić information content (AvgIpc) is 2.36.